The van der Waals surface area contributed by atoms with Gasteiger partial charge < -0.3 is 15.2 Å². The van der Waals surface area contributed by atoms with Gasteiger partial charge in [-0.2, -0.15) is 13.2 Å². The summed E-state index contributed by atoms with van der Waals surface area (Å²) in [6.07, 6.45) is -2.95. The highest BCUT2D eigenvalue weighted by atomic mass is 19.4. The van der Waals surface area contributed by atoms with Gasteiger partial charge in [-0.3, -0.25) is 9.69 Å². The number of ether oxygens (including phenoxy) is 1. The average Bonchev–Trinajstić information content (AvgIpc) is 3.01. The monoisotopic (exact) mass is 622 g/mol. The van der Waals surface area contributed by atoms with Crippen molar-refractivity contribution < 1.29 is 45.8 Å². The number of halogens is 6. The summed E-state index contributed by atoms with van der Waals surface area (Å²) in [6.45, 7) is 3.04. The molecule has 0 bridgehead atoms. The van der Waals surface area contributed by atoms with Crippen molar-refractivity contribution in [3.63, 3.8) is 0 Å². The van der Waals surface area contributed by atoms with E-state index in [4.69, 9.17) is 14.6 Å². The number of morpholine rings is 1. The number of nitrogens with one attached hydrogen (secondary N) is 1. The van der Waals surface area contributed by atoms with E-state index in [1.807, 2.05) is 6.07 Å². The Morgan fingerprint density at radius 3 is 1.86 bits per heavy atom. The van der Waals surface area contributed by atoms with Crippen molar-refractivity contribution in [3.8, 4) is 0 Å². The fourth-order valence-corrected chi connectivity index (χ4v) is 5.77. The highest BCUT2D eigenvalue weighted by Gasteiger charge is 2.40. The van der Waals surface area contributed by atoms with Crippen molar-refractivity contribution in [1.29, 1.82) is 0 Å². The lowest BCUT2D eigenvalue weighted by Gasteiger charge is -2.42. The van der Waals surface area contributed by atoms with Crippen LogP contribution in [0.4, 0.5) is 26.3 Å². The van der Waals surface area contributed by atoms with Gasteiger partial charge in [0.15, 0.2) is 0 Å². The summed E-state index contributed by atoms with van der Waals surface area (Å²) in [7, 11) is 0. The van der Waals surface area contributed by atoms with Gasteiger partial charge in [0.25, 0.3) is 0 Å². The van der Waals surface area contributed by atoms with Crippen LogP contribution in [0.3, 0.4) is 0 Å². The summed E-state index contributed by atoms with van der Waals surface area (Å²) >= 11 is 0. The van der Waals surface area contributed by atoms with Gasteiger partial charge in [-0.1, -0.05) is 42.5 Å². The van der Waals surface area contributed by atoms with Crippen LogP contribution in [0.2, 0.25) is 0 Å². The molecule has 1 saturated heterocycles. The topological polar surface area (TPSA) is 78.9 Å². The molecule has 12 heteroatoms. The van der Waals surface area contributed by atoms with Gasteiger partial charge in [0, 0.05) is 25.0 Å². The largest absolute Gasteiger partial charge is 0.490 e. The van der Waals surface area contributed by atoms with Crippen LogP contribution in [0.25, 0.3) is 0 Å². The van der Waals surface area contributed by atoms with Crippen LogP contribution in [0.15, 0.2) is 72.8 Å². The lowest BCUT2D eigenvalue weighted by molar-refractivity contribution is -0.192. The zero-order chi connectivity index (χ0) is 31.9. The number of carboxylic acid groups (broad SMARTS) is 1. The Kier molecular flexibility index (Phi) is 11.0. The first-order valence-corrected chi connectivity index (χ1v) is 14.1. The number of rotatable bonds is 6. The van der Waals surface area contributed by atoms with Crippen molar-refractivity contribution in [2.45, 2.75) is 43.4 Å². The van der Waals surface area contributed by atoms with E-state index in [-0.39, 0.29) is 35.3 Å². The molecule has 6 nitrogen and oxygen atoms in total. The van der Waals surface area contributed by atoms with Crippen LogP contribution in [0, 0.1) is 23.4 Å². The maximum atomic E-state index is 15.0. The number of alkyl halides is 3. The number of carbonyl (C=O) groups excluding carboxylic acids is 1. The quantitative estimate of drug-likeness (QED) is 0.319. The van der Waals surface area contributed by atoms with Crippen LogP contribution in [0.5, 0.6) is 0 Å². The van der Waals surface area contributed by atoms with E-state index in [1.54, 1.807) is 36.4 Å². The fourth-order valence-electron chi connectivity index (χ4n) is 5.77. The number of nitrogens with zero attached hydrogens (tertiary/aromatic N) is 1. The maximum Gasteiger partial charge on any atom is 0.490 e. The van der Waals surface area contributed by atoms with E-state index >= 15 is 4.39 Å². The second-order valence-corrected chi connectivity index (χ2v) is 10.7. The van der Waals surface area contributed by atoms with E-state index in [1.165, 1.54) is 30.3 Å². The van der Waals surface area contributed by atoms with Gasteiger partial charge in [0.2, 0.25) is 5.91 Å². The highest BCUT2D eigenvalue weighted by molar-refractivity contribution is 5.81. The molecule has 1 amide bonds. The number of carbonyl (C=O) groups is 2. The summed E-state index contributed by atoms with van der Waals surface area (Å²) in [5.74, 6) is -4.73. The fraction of sp³-hybridized carbons (Fsp3) is 0.375. The normalized spacial score (nSPS) is 20.8. The second kappa shape index (κ2) is 14.7. The lowest BCUT2D eigenvalue weighted by atomic mass is 9.72. The smallest absolute Gasteiger partial charge is 0.475 e. The number of benzene rings is 3. The highest BCUT2D eigenvalue weighted by Crippen LogP contribution is 2.41. The minimum Gasteiger partial charge on any atom is -0.475 e. The third kappa shape index (κ3) is 8.60. The second-order valence-electron chi connectivity index (χ2n) is 10.7. The van der Waals surface area contributed by atoms with Crippen molar-refractivity contribution in [2.24, 2.45) is 5.92 Å². The van der Waals surface area contributed by atoms with E-state index in [0.29, 0.717) is 42.7 Å². The summed E-state index contributed by atoms with van der Waals surface area (Å²) < 4.78 is 79.5. The first kappa shape index (κ1) is 33.0. The lowest BCUT2D eigenvalue weighted by Crippen LogP contribution is -2.48. The molecule has 2 N–H and O–H groups in total. The number of hydrogen-bond acceptors (Lipinski definition) is 4. The Morgan fingerprint density at radius 2 is 1.36 bits per heavy atom. The minimum absolute atomic E-state index is 0.188. The number of hydrogen-bond donors (Lipinski definition) is 2. The molecule has 0 radical (unpaired) electrons. The van der Waals surface area contributed by atoms with Crippen molar-refractivity contribution in [2.75, 3.05) is 26.3 Å². The Labute approximate surface area is 250 Å². The van der Waals surface area contributed by atoms with Gasteiger partial charge in [-0.05, 0) is 72.2 Å². The molecule has 2 aliphatic rings. The van der Waals surface area contributed by atoms with Crippen LogP contribution in [-0.2, 0) is 14.3 Å². The Balaban J connectivity index is 0.000000566. The molecular formula is C32H32F6N2O4. The van der Waals surface area contributed by atoms with Crippen LogP contribution in [-0.4, -0.2) is 60.4 Å². The Bertz CT molecular complexity index is 1350. The zero-order valence-electron chi connectivity index (χ0n) is 23.6. The average molecular weight is 623 g/mol. The number of aliphatic carboxylic acids is 1. The molecule has 3 aromatic carbocycles. The first-order chi connectivity index (χ1) is 20.9. The van der Waals surface area contributed by atoms with Crippen LogP contribution >= 0.6 is 0 Å². The molecule has 44 heavy (non-hydrogen) atoms. The molecular weight excluding hydrogens is 590 g/mol. The molecule has 1 saturated carbocycles. The third-order valence-corrected chi connectivity index (χ3v) is 7.96. The van der Waals surface area contributed by atoms with Gasteiger partial charge in [-0.25, -0.2) is 18.0 Å². The SMILES string of the molecule is O=C(NC(c1ccc(F)cc1)c1ccc(F)cc1)[C@@H]1CC[C@H](N2CCOCC2)C[C@H]1c1ccccc1F.O=C(O)C(F)(F)F. The minimum atomic E-state index is -5.08. The maximum absolute atomic E-state index is 15.0. The summed E-state index contributed by atoms with van der Waals surface area (Å²) in [5.41, 5.74) is 1.93. The predicted molar refractivity (Wildman–Crippen MR) is 149 cm³/mol. The Hall–Kier alpha value is -3.90. The molecule has 0 spiro atoms. The molecule has 0 unspecified atom stereocenters. The van der Waals surface area contributed by atoms with E-state index in [9.17, 15) is 26.7 Å². The van der Waals surface area contributed by atoms with Gasteiger partial charge >= 0.3 is 12.1 Å². The van der Waals surface area contributed by atoms with E-state index in [2.05, 4.69) is 10.2 Å². The van der Waals surface area contributed by atoms with Crippen molar-refractivity contribution in [3.05, 3.63) is 107 Å². The molecule has 3 atom stereocenters. The first-order valence-electron chi connectivity index (χ1n) is 14.1. The number of carboxylic acids is 1. The molecule has 1 aliphatic carbocycles. The molecule has 5 rings (SSSR count). The van der Waals surface area contributed by atoms with Crippen LogP contribution in [0.1, 0.15) is 47.9 Å². The third-order valence-electron chi connectivity index (χ3n) is 7.96. The molecule has 236 valence electrons. The molecule has 2 fully saturated rings. The van der Waals surface area contributed by atoms with Crippen molar-refractivity contribution in [1.82, 2.24) is 10.2 Å². The predicted octanol–water partition coefficient (Wildman–Crippen LogP) is 6.23. The standard InChI is InChI=1S/C30H31F3N2O2.C2HF3O2/c31-22-9-5-20(6-10-22)29(21-7-11-23(32)12-8-21)34-30(36)26-14-13-24(35-15-17-37-18-16-35)19-27(26)25-3-1-2-4-28(25)33;3-2(4,5)1(6)7/h1-12,24,26-27,29H,13-19H2,(H,34,36);(H,6,7)/t24-,26+,27-;/m0./s1. The molecule has 3 aromatic rings. The van der Waals surface area contributed by atoms with Gasteiger partial charge in [-0.15, -0.1) is 0 Å². The van der Waals surface area contributed by atoms with Crippen molar-refractivity contribution >= 4 is 11.9 Å². The van der Waals surface area contributed by atoms with E-state index in [0.717, 1.165) is 19.5 Å². The van der Waals surface area contributed by atoms with Gasteiger partial charge in [0.1, 0.15) is 17.5 Å². The number of amides is 1. The zero-order valence-corrected chi connectivity index (χ0v) is 23.6. The van der Waals surface area contributed by atoms with E-state index < -0.39 is 24.1 Å². The molecule has 1 aliphatic heterocycles. The summed E-state index contributed by atoms with van der Waals surface area (Å²) in [5, 5.41) is 10.3. The van der Waals surface area contributed by atoms with Gasteiger partial charge in [0.05, 0.1) is 19.3 Å². The Morgan fingerprint density at radius 1 is 0.841 bits per heavy atom. The van der Waals surface area contributed by atoms with Crippen LogP contribution < -0.4 is 5.32 Å². The summed E-state index contributed by atoms with van der Waals surface area (Å²) in [4.78, 5) is 25.1. The molecule has 1 heterocycles. The summed E-state index contributed by atoms with van der Waals surface area (Å²) in [6, 6.07) is 18.2. The molecule has 0 aromatic heterocycles.